The van der Waals surface area contributed by atoms with Gasteiger partial charge in [-0.05, 0) is 20.6 Å². The highest BCUT2D eigenvalue weighted by Gasteiger charge is 2.05. The molecule has 0 N–H and O–H groups in total. The molecule has 0 aromatic rings. The van der Waals surface area contributed by atoms with Gasteiger partial charge in [0.05, 0.1) is 0 Å². The van der Waals surface area contributed by atoms with Crippen molar-refractivity contribution >= 4 is 6.72 Å². The summed E-state index contributed by atoms with van der Waals surface area (Å²) in [5.41, 5.74) is 0. The number of aliphatic imine (C=N–C) groups is 1. The fourth-order valence-corrected chi connectivity index (χ4v) is 0.783. The zero-order valence-corrected chi connectivity index (χ0v) is 7.38. The van der Waals surface area contributed by atoms with Crippen molar-refractivity contribution in [3.05, 3.63) is 0 Å². The van der Waals surface area contributed by atoms with E-state index in [1.807, 2.05) is 13.8 Å². The van der Waals surface area contributed by atoms with Crippen LogP contribution in [0.3, 0.4) is 0 Å². The Morgan fingerprint density at radius 2 is 1.82 bits per heavy atom. The van der Waals surface area contributed by atoms with Gasteiger partial charge in [-0.25, -0.2) is 0 Å². The number of nitrogens with zero attached hydrogens (tertiary/aromatic N) is 1. The highest BCUT2D eigenvalue weighted by Crippen LogP contribution is 2.00. The number of hydrogen-bond acceptors (Lipinski definition) is 3. The van der Waals surface area contributed by atoms with Crippen molar-refractivity contribution in [2.24, 2.45) is 4.99 Å². The monoisotopic (exact) mass is 159 g/mol. The Kier molecular flexibility index (Phi) is 7.41. The van der Waals surface area contributed by atoms with E-state index in [4.69, 9.17) is 9.47 Å². The maximum absolute atomic E-state index is 5.27. The first-order valence-corrected chi connectivity index (χ1v) is 4.00. The van der Waals surface area contributed by atoms with E-state index in [1.165, 1.54) is 0 Å². The molecule has 3 heteroatoms. The molecule has 0 heterocycles. The summed E-state index contributed by atoms with van der Waals surface area (Å²) in [4.78, 5) is 3.73. The van der Waals surface area contributed by atoms with Crippen LogP contribution in [0.2, 0.25) is 0 Å². The van der Waals surface area contributed by atoms with E-state index in [2.05, 4.69) is 11.7 Å². The molecule has 0 bridgehead atoms. The molecule has 11 heavy (non-hydrogen) atoms. The summed E-state index contributed by atoms with van der Waals surface area (Å²) in [5, 5.41) is 0. The van der Waals surface area contributed by atoms with Crippen molar-refractivity contribution in [1.82, 2.24) is 0 Å². The quantitative estimate of drug-likeness (QED) is 0.416. The molecule has 0 atom stereocenters. The third-order valence-corrected chi connectivity index (χ3v) is 1.23. The highest BCUT2D eigenvalue weighted by molar-refractivity contribution is 5.22. The predicted octanol–water partition coefficient (Wildman–Crippen LogP) is 1.48. The Balaban J connectivity index is 3.41. The number of rotatable bonds is 7. The van der Waals surface area contributed by atoms with Crippen molar-refractivity contribution in [2.45, 2.75) is 26.6 Å². The van der Waals surface area contributed by atoms with Crippen LogP contribution >= 0.6 is 0 Å². The van der Waals surface area contributed by atoms with Crippen LogP contribution in [0.25, 0.3) is 0 Å². The van der Waals surface area contributed by atoms with Gasteiger partial charge in [-0.2, -0.15) is 0 Å². The molecular formula is C8H17NO2. The molecule has 0 aliphatic heterocycles. The number of ether oxygens (including phenoxy) is 2. The highest BCUT2D eigenvalue weighted by atomic mass is 16.7. The second-order valence-corrected chi connectivity index (χ2v) is 2.08. The van der Waals surface area contributed by atoms with Crippen molar-refractivity contribution in [2.75, 3.05) is 19.8 Å². The van der Waals surface area contributed by atoms with Crippen molar-refractivity contribution in [3.63, 3.8) is 0 Å². The van der Waals surface area contributed by atoms with Gasteiger partial charge in [-0.3, -0.25) is 0 Å². The molecule has 0 unspecified atom stereocenters. The largest absolute Gasteiger partial charge is 0.353 e. The minimum atomic E-state index is -0.101. The standard InChI is InChI=1S/C8H17NO2/c1-4-10-8(11-5-2)6-7-9-3/h8H,3-7H2,1-2H3. The second kappa shape index (κ2) is 7.69. The van der Waals surface area contributed by atoms with Gasteiger partial charge in [0.25, 0.3) is 0 Å². The SMILES string of the molecule is C=NCCC(OCC)OCC. The summed E-state index contributed by atoms with van der Waals surface area (Å²) in [5.74, 6) is 0. The fraction of sp³-hybridized carbons (Fsp3) is 0.875. The van der Waals surface area contributed by atoms with Gasteiger partial charge < -0.3 is 14.5 Å². The van der Waals surface area contributed by atoms with E-state index in [1.54, 1.807) is 0 Å². The molecule has 0 aromatic heterocycles. The Labute approximate surface area is 68.4 Å². The second-order valence-electron chi connectivity index (χ2n) is 2.08. The van der Waals surface area contributed by atoms with E-state index in [-0.39, 0.29) is 6.29 Å². The maximum Gasteiger partial charge on any atom is 0.159 e. The van der Waals surface area contributed by atoms with Gasteiger partial charge in [-0.15, -0.1) is 0 Å². The molecule has 0 saturated heterocycles. The topological polar surface area (TPSA) is 30.8 Å². The van der Waals surface area contributed by atoms with Crippen LogP contribution in [0.1, 0.15) is 20.3 Å². The molecule has 0 spiro atoms. The normalized spacial score (nSPS) is 10.5. The summed E-state index contributed by atoms with van der Waals surface area (Å²) in [6, 6.07) is 0. The summed E-state index contributed by atoms with van der Waals surface area (Å²) in [6.45, 7) is 9.36. The average molecular weight is 159 g/mol. The molecule has 3 nitrogen and oxygen atoms in total. The molecule has 0 saturated carbocycles. The lowest BCUT2D eigenvalue weighted by Crippen LogP contribution is -2.18. The Hall–Kier alpha value is -0.410. The van der Waals surface area contributed by atoms with E-state index in [9.17, 15) is 0 Å². The van der Waals surface area contributed by atoms with Gasteiger partial charge in [0.2, 0.25) is 0 Å². The van der Waals surface area contributed by atoms with Gasteiger partial charge >= 0.3 is 0 Å². The van der Waals surface area contributed by atoms with E-state index < -0.39 is 0 Å². The Morgan fingerprint density at radius 1 is 1.27 bits per heavy atom. The molecule has 0 amide bonds. The van der Waals surface area contributed by atoms with Gasteiger partial charge in [0.1, 0.15) is 0 Å². The van der Waals surface area contributed by atoms with Crippen LogP contribution in [-0.4, -0.2) is 32.8 Å². The van der Waals surface area contributed by atoms with E-state index in [0.29, 0.717) is 19.8 Å². The molecule has 0 radical (unpaired) electrons. The van der Waals surface area contributed by atoms with Crippen LogP contribution in [0.4, 0.5) is 0 Å². The first-order chi connectivity index (χ1) is 5.35. The lowest BCUT2D eigenvalue weighted by molar-refractivity contribution is -0.137. The third-order valence-electron chi connectivity index (χ3n) is 1.23. The molecule has 0 aromatic carbocycles. The van der Waals surface area contributed by atoms with Crippen molar-refractivity contribution in [3.8, 4) is 0 Å². The fourth-order valence-electron chi connectivity index (χ4n) is 0.783. The molecule has 0 fully saturated rings. The van der Waals surface area contributed by atoms with Gasteiger partial charge in [0.15, 0.2) is 6.29 Å². The van der Waals surface area contributed by atoms with Crippen LogP contribution in [0.5, 0.6) is 0 Å². The van der Waals surface area contributed by atoms with Crippen LogP contribution in [0.15, 0.2) is 4.99 Å². The van der Waals surface area contributed by atoms with Crippen LogP contribution in [-0.2, 0) is 9.47 Å². The molecular weight excluding hydrogens is 142 g/mol. The zero-order chi connectivity index (χ0) is 8.53. The minimum absolute atomic E-state index is 0.101. The molecule has 66 valence electrons. The lowest BCUT2D eigenvalue weighted by atomic mass is 10.4. The minimum Gasteiger partial charge on any atom is -0.353 e. The Bertz CT molecular complexity index is 90.1. The van der Waals surface area contributed by atoms with E-state index in [0.717, 1.165) is 6.42 Å². The van der Waals surface area contributed by atoms with Crippen molar-refractivity contribution < 1.29 is 9.47 Å². The average Bonchev–Trinajstić information content (AvgIpc) is 2.01. The third kappa shape index (κ3) is 6.01. The first kappa shape index (κ1) is 10.6. The van der Waals surface area contributed by atoms with Gasteiger partial charge in [-0.1, -0.05) is 0 Å². The van der Waals surface area contributed by atoms with Gasteiger partial charge in [0, 0.05) is 26.2 Å². The first-order valence-electron chi connectivity index (χ1n) is 4.00. The molecule has 0 rings (SSSR count). The maximum atomic E-state index is 5.27. The molecule has 0 aliphatic rings. The lowest BCUT2D eigenvalue weighted by Gasteiger charge is -2.15. The van der Waals surface area contributed by atoms with Crippen LogP contribution < -0.4 is 0 Å². The summed E-state index contributed by atoms with van der Waals surface area (Å²) >= 11 is 0. The predicted molar refractivity (Wildman–Crippen MR) is 46.1 cm³/mol. The summed E-state index contributed by atoms with van der Waals surface area (Å²) < 4.78 is 10.5. The summed E-state index contributed by atoms with van der Waals surface area (Å²) in [6.07, 6.45) is 0.695. The smallest absolute Gasteiger partial charge is 0.159 e. The summed E-state index contributed by atoms with van der Waals surface area (Å²) in [7, 11) is 0. The van der Waals surface area contributed by atoms with E-state index >= 15 is 0 Å². The van der Waals surface area contributed by atoms with Crippen molar-refractivity contribution in [1.29, 1.82) is 0 Å². The van der Waals surface area contributed by atoms with Crippen LogP contribution in [0, 0.1) is 0 Å². The molecule has 0 aliphatic carbocycles. The Morgan fingerprint density at radius 3 is 2.18 bits per heavy atom. The number of hydrogen-bond donors (Lipinski definition) is 0. The zero-order valence-electron chi connectivity index (χ0n) is 7.38.